The van der Waals surface area contributed by atoms with Crippen molar-refractivity contribution in [3.8, 4) is 0 Å². The first-order chi connectivity index (χ1) is 5.26. The van der Waals surface area contributed by atoms with Crippen molar-refractivity contribution >= 4 is 10.2 Å². The van der Waals surface area contributed by atoms with Crippen molar-refractivity contribution in [3.05, 3.63) is 11.1 Å². The average molecular weight is 174 g/mol. The predicted molar refractivity (Wildman–Crippen MR) is 50.5 cm³/mol. The van der Waals surface area contributed by atoms with Crippen LogP contribution in [-0.4, -0.2) is 24.5 Å². The van der Waals surface area contributed by atoms with Crippen LogP contribution in [0.5, 0.6) is 0 Å². The molecule has 0 saturated heterocycles. The van der Waals surface area contributed by atoms with Crippen molar-refractivity contribution in [1.29, 1.82) is 0 Å². The molecule has 0 aliphatic carbocycles. The van der Waals surface area contributed by atoms with Crippen molar-refractivity contribution in [1.82, 2.24) is 0 Å². The lowest BCUT2D eigenvalue weighted by Crippen LogP contribution is -1.97. The minimum Gasteiger partial charge on any atom is -0.504 e. The van der Waals surface area contributed by atoms with Gasteiger partial charge in [-0.2, -0.15) is 0 Å². The van der Waals surface area contributed by atoms with Gasteiger partial charge in [-0.3, -0.25) is 0 Å². The van der Waals surface area contributed by atoms with Crippen LogP contribution in [0.4, 0.5) is 0 Å². The summed E-state index contributed by atoms with van der Waals surface area (Å²) < 4.78 is 10.3. The molecule has 2 nitrogen and oxygen atoms in total. The van der Waals surface area contributed by atoms with E-state index < -0.39 is 0 Å². The summed E-state index contributed by atoms with van der Waals surface area (Å²) in [7, 11) is 4.34. The lowest BCUT2D eigenvalue weighted by molar-refractivity contribution is 0.228. The lowest BCUT2D eigenvalue weighted by Gasteiger charge is -2.09. The molecule has 0 N–H and O–H groups in total. The van der Waals surface area contributed by atoms with Crippen molar-refractivity contribution in [2.24, 2.45) is 0 Å². The van der Waals surface area contributed by atoms with Crippen LogP contribution in [0.3, 0.4) is 0 Å². The molecule has 0 radical (unpaired) electrons. The number of ether oxygens (including phenoxy) is 2. The van der Waals surface area contributed by atoms with Crippen molar-refractivity contribution < 1.29 is 9.47 Å². The number of hydrogen-bond acceptors (Lipinski definition) is 2. The molecule has 0 saturated carbocycles. The highest BCUT2D eigenvalue weighted by atomic mass is 28.1. The summed E-state index contributed by atoms with van der Waals surface area (Å²) in [6.07, 6.45) is 3.39. The summed E-state index contributed by atoms with van der Waals surface area (Å²) in [6.45, 7) is 2.17. The maximum absolute atomic E-state index is 5.19. The molecular formula is C8H18O2Si. The molecule has 0 spiro atoms. The largest absolute Gasteiger partial charge is 0.504 e. The zero-order valence-electron chi connectivity index (χ0n) is 7.94. The van der Waals surface area contributed by atoms with Gasteiger partial charge in [0.25, 0.3) is 0 Å². The molecule has 0 aromatic carbocycles. The van der Waals surface area contributed by atoms with E-state index in [1.54, 1.807) is 14.2 Å². The van der Waals surface area contributed by atoms with Gasteiger partial charge < -0.3 is 9.47 Å². The predicted octanol–water partition coefficient (Wildman–Crippen LogP) is 1.00. The van der Waals surface area contributed by atoms with Gasteiger partial charge in [0.1, 0.15) is 11.1 Å². The molecule has 0 aliphatic heterocycles. The molecule has 0 aromatic rings. The Bertz CT molecular complexity index is 132. The third kappa shape index (κ3) is 4.09. The average Bonchev–Trinajstić information content (AvgIpc) is 2.05. The molecule has 0 unspecified atom stereocenters. The van der Waals surface area contributed by atoms with Crippen molar-refractivity contribution in [2.45, 2.75) is 26.2 Å². The lowest BCUT2D eigenvalue weighted by atomic mass is 10.2. The highest BCUT2D eigenvalue weighted by Gasteiger charge is 2.00. The first-order valence-electron chi connectivity index (χ1n) is 4.04. The van der Waals surface area contributed by atoms with E-state index in [-0.39, 0.29) is 0 Å². The van der Waals surface area contributed by atoms with Gasteiger partial charge in [-0.25, -0.2) is 0 Å². The standard InChI is InChI=1S/C8H18O2Si/c1-4-5-6-7(9-2)8(11)10-3/h4-6H2,1-3,11H3. The topological polar surface area (TPSA) is 18.5 Å². The number of hydrogen-bond donors (Lipinski definition) is 0. The van der Waals surface area contributed by atoms with Gasteiger partial charge in [-0.1, -0.05) is 13.3 Å². The number of unbranched alkanes of at least 4 members (excludes halogenated alkanes) is 1. The van der Waals surface area contributed by atoms with Crippen LogP contribution in [0.1, 0.15) is 26.2 Å². The summed E-state index contributed by atoms with van der Waals surface area (Å²) in [6, 6.07) is 0. The second kappa shape index (κ2) is 6.28. The fraction of sp³-hybridized carbons (Fsp3) is 0.750. The SMILES string of the molecule is CCCCC(OC)=C([SiH3])OC. The first kappa shape index (κ1) is 10.6. The Morgan fingerprint density at radius 2 is 1.91 bits per heavy atom. The van der Waals surface area contributed by atoms with E-state index in [1.807, 2.05) is 0 Å². The van der Waals surface area contributed by atoms with Gasteiger partial charge >= 0.3 is 0 Å². The molecule has 11 heavy (non-hydrogen) atoms. The molecule has 3 heteroatoms. The second-order valence-corrected chi connectivity index (χ2v) is 3.40. The second-order valence-electron chi connectivity index (χ2n) is 2.49. The Kier molecular flexibility index (Phi) is 6.03. The maximum Gasteiger partial charge on any atom is 0.127 e. The molecule has 0 fully saturated rings. The van der Waals surface area contributed by atoms with Gasteiger partial charge in [0, 0.05) is 6.42 Å². The molecule has 0 atom stereocenters. The Labute approximate surface area is 72.0 Å². The Hall–Kier alpha value is -0.443. The van der Waals surface area contributed by atoms with Crippen LogP contribution < -0.4 is 0 Å². The van der Waals surface area contributed by atoms with Crippen LogP contribution in [0, 0.1) is 0 Å². The highest BCUT2D eigenvalue weighted by molar-refractivity contribution is 6.20. The van der Waals surface area contributed by atoms with Crippen molar-refractivity contribution in [2.75, 3.05) is 14.2 Å². The van der Waals surface area contributed by atoms with E-state index in [2.05, 4.69) is 6.92 Å². The first-order valence-corrected chi connectivity index (χ1v) is 5.04. The summed E-state index contributed by atoms with van der Waals surface area (Å²) in [4.78, 5) is 0. The quantitative estimate of drug-likeness (QED) is 0.457. The molecule has 66 valence electrons. The van der Waals surface area contributed by atoms with Gasteiger partial charge in [-0.15, -0.1) is 0 Å². The van der Waals surface area contributed by atoms with Gasteiger partial charge in [-0.05, 0) is 6.42 Å². The maximum atomic E-state index is 5.19. The van der Waals surface area contributed by atoms with Crippen molar-refractivity contribution in [3.63, 3.8) is 0 Å². The molecule has 0 rings (SSSR count). The third-order valence-electron chi connectivity index (χ3n) is 1.70. The molecule has 0 heterocycles. The van der Waals surface area contributed by atoms with E-state index in [0.717, 1.165) is 27.8 Å². The van der Waals surface area contributed by atoms with Crippen LogP contribution in [0.15, 0.2) is 11.1 Å². The van der Waals surface area contributed by atoms with Gasteiger partial charge in [0.2, 0.25) is 0 Å². The molecule has 0 aromatic heterocycles. The normalized spacial score (nSPS) is 12.6. The van der Waals surface area contributed by atoms with E-state index >= 15 is 0 Å². The van der Waals surface area contributed by atoms with Gasteiger partial charge in [0.15, 0.2) is 0 Å². The minimum absolute atomic E-state index is 0.932. The Morgan fingerprint density at radius 1 is 1.27 bits per heavy atom. The van der Waals surface area contributed by atoms with E-state index in [1.165, 1.54) is 12.8 Å². The third-order valence-corrected chi connectivity index (χ3v) is 2.67. The smallest absolute Gasteiger partial charge is 0.127 e. The minimum atomic E-state index is 0.932. The zero-order chi connectivity index (χ0) is 8.69. The van der Waals surface area contributed by atoms with E-state index in [9.17, 15) is 0 Å². The molecule has 0 aliphatic rings. The van der Waals surface area contributed by atoms with Crippen LogP contribution in [0.25, 0.3) is 0 Å². The Balaban J connectivity index is 3.92. The fourth-order valence-electron chi connectivity index (χ4n) is 0.873. The van der Waals surface area contributed by atoms with E-state index in [4.69, 9.17) is 9.47 Å². The van der Waals surface area contributed by atoms with Crippen LogP contribution in [0.2, 0.25) is 0 Å². The summed E-state index contributed by atoms with van der Waals surface area (Å²) in [5, 5.41) is 1.03. The summed E-state index contributed by atoms with van der Waals surface area (Å²) in [5.74, 6) is 1.03. The number of allylic oxidation sites excluding steroid dienone is 1. The zero-order valence-corrected chi connectivity index (χ0v) is 9.94. The monoisotopic (exact) mass is 174 g/mol. The number of rotatable bonds is 5. The van der Waals surface area contributed by atoms with E-state index in [0.29, 0.717) is 0 Å². The highest BCUT2D eigenvalue weighted by Crippen LogP contribution is 2.11. The van der Waals surface area contributed by atoms with Gasteiger partial charge in [0.05, 0.1) is 24.5 Å². The fourth-order valence-corrected chi connectivity index (χ4v) is 1.33. The summed E-state index contributed by atoms with van der Waals surface area (Å²) >= 11 is 0. The molecule has 0 bridgehead atoms. The molecule has 0 amide bonds. The summed E-state index contributed by atoms with van der Waals surface area (Å²) in [5.41, 5.74) is 0. The van der Waals surface area contributed by atoms with Crippen LogP contribution in [-0.2, 0) is 9.47 Å². The van der Waals surface area contributed by atoms with Crippen LogP contribution >= 0.6 is 0 Å². The number of methoxy groups -OCH3 is 2. The Morgan fingerprint density at radius 3 is 2.27 bits per heavy atom. The molecular weight excluding hydrogens is 156 g/mol.